The second-order valence-electron chi connectivity index (χ2n) is 5.13. The summed E-state index contributed by atoms with van der Waals surface area (Å²) in [5.74, 6) is 0.767. The maximum atomic E-state index is 12.2. The van der Waals surface area contributed by atoms with E-state index >= 15 is 0 Å². The van der Waals surface area contributed by atoms with Crippen LogP contribution >= 0.6 is 0 Å². The van der Waals surface area contributed by atoms with E-state index < -0.39 is 0 Å². The van der Waals surface area contributed by atoms with Gasteiger partial charge in [-0.05, 0) is 41.1 Å². The Morgan fingerprint density at radius 2 is 1.70 bits per heavy atom. The van der Waals surface area contributed by atoms with Gasteiger partial charge in [0.25, 0.3) is 0 Å². The van der Waals surface area contributed by atoms with Crippen molar-refractivity contribution >= 4 is 22.2 Å². The number of carbonyl (C=O) groups is 1. The first-order valence-corrected chi connectivity index (χ1v) is 7.36. The summed E-state index contributed by atoms with van der Waals surface area (Å²) in [6, 6.07) is 21.2. The minimum atomic E-state index is -0.0308. The van der Waals surface area contributed by atoms with Crippen molar-refractivity contribution in [3.63, 3.8) is 0 Å². The molecule has 0 bridgehead atoms. The summed E-state index contributed by atoms with van der Waals surface area (Å²) in [5.41, 5.74) is 1.57. The molecule has 0 atom stereocenters. The van der Waals surface area contributed by atoms with Crippen molar-refractivity contribution in [3.05, 3.63) is 84.6 Å². The zero-order valence-corrected chi connectivity index (χ0v) is 12.8. The van der Waals surface area contributed by atoms with Crippen LogP contribution in [0.3, 0.4) is 0 Å². The van der Waals surface area contributed by atoms with Crippen LogP contribution < -0.4 is 10.1 Å². The van der Waals surface area contributed by atoms with Gasteiger partial charge in [0.05, 0.1) is 7.11 Å². The Bertz CT molecular complexity index is 851. The molecule has 3 rings (SSSR count). The molecule has 0 radical (unpaired) electrons. The molecule has 3 heteroatoms. The van der Waals surface area contributed by atoms with Crippen LogP contribution in [-0.2, 0) is 0 Å². The number of fused-ring (bicyclic) bond motifs is 1. The number of carbonyl (C=O) groups excluding carboxylic acids is 1. The van der Waals surface area contributed by atoms with Crippen molar-refractivity contribution < 1.29 is 9.53 Å². The van der Waals surface area contributed by atoms with Gasteiger partial charge in [0.1, 0.15) is 5.75 Å². The van der Waals surface area contributed by atoms with E-state index in [1.807, 2.05) is 66.7 Å². The first-order chi connectivity index (χ1) is 11.3. The topological polar surface area (TPSA) is 38.3 Å². The fourth-order valence-corrected chi connectivity index (χ4v) is 2.34. The fraction of sp³-hybridized carbons (Fsp3) is 0.0500. The van der Waals surface area contributed by atoms with E-state index in [0.717, 1.165) is 22.2 Å². The molecule has 0 aliphatic carbocycles. The SMILES string of the molecule is COc1ccc(N/C=C\C(=O)c2ccc3ccccc3c2)cc1. The number of anilines is 1. The van der Waals surface area contributed by atoms with Crippen molar-refractivity contribution in [1.82, 2.24) is 0 Å². The van der Waals surface area contributed by atoms with E-state index in [4.69, 9.17) is 4.74 Å². The molecular weight excluding hydrogens is 286 g/mol. The van der Waals surface area contributed by atoms with Crippen molar-refractivity contribution in [2.24, 2.45) is 0 Å². The summed E-state index contributed by atoms with van der Waals surface area (Å²) >= 11 is 0. The fourth-order valence-electron chi connectivity index (χ4n) is 2.34. The molecule has 1 N–H and O–H groups in total. The molecule has 23 heavy (non-hydrogen) atoms. The molecule has 0 aromatic heterocycles. The second kappa shape index (κ2) is 6.79. The number of ether oxygens (including phenoxy) is 1. The quantitative estimate of drug-likeness (QED) is 0.550. The van der Waals surface area contributed by atoms with Gasteiger partial charge >= 0.3 is 0 Å². The zero-order chi connectivity index (χ0) is 16.1. The van der Waals surface area contributed by atoms with Crippen molar-refractivity contribution in [2.45, 2.75) is 0 Å². The van der Waals surface area contributed by atoms with Gasteiger partial charge in [0, 0.05) is 23.5 Å². The smallest absolute Gasteiger partial charge is 0.187 e. The van der Waals surface area contributed by atoms with Crippen molar-refractivity contribution in [1.29, 1.82) is 0 Å². The van der Waals surface area contributed by atoms with Crippen LogP contribution in [0, 0.1) is 0 Å². The van der Waals surface area contributed by atoms with Gasteiger partial charge in [-0.25, -0.2) is 0 Å². The molecule has 0 spiro atoms. The summed E-state index contributed by atoms with van der Waals surface area (Å²) in [6.45, 7) is 0. The minimum Gasteiger partial charge on any atom is -0.497 e. The highest BCUT2D eigenvalue weighted by molar-refractivity contribution is 6.06. The number of nitrogens with one attached hydrogen (secondary N) is 1. The highest BCUT2D eigenvalue weighted by atomic mass is 16.5. The maximum absolute atomic E-state index is 12.2. The number of hydrogen-bond acceptors (Lipinski definition) is 3. The lowest BCUT2D eigenvalue weighted by molar-refractivity contribution is 0.104. The molecule has 0 saturated heterocycles. The third-order valence-electron chi connectivity index (χ3n) is 3.61. The van der Waals surface area contributed by atoms with Crippen LogP contribution in [0.4, 0.5) is 5.69 Å². The molecule has 3 aromatic rings. The molecule has 0 unspecified atom stereocenters. The zero-order valence-electron chi connectivity index (χ0n) is 12.8. The summed E-state index contributed by atoms with van der Waals surface area (Å²) in [6.07, 6.45) is 3.19. The van der Waals surface area contributed by atoms with E-state index in [9.17, 15) is 4.79 Å². The number of allylic oxidation sites excluding steroid dienone is 1. The first-order valence-electron chi connectivity index (χ1n) is 7.36. The molecule has 0 fully saturated rings. The Morgan fingerprint density at radius 1 is 0.957 bits per heavy atom. The average Bonchev–Trinajstić information content (AvgIpc) is 2.61. The number of ketones is 1. The molecule has 0 aliphatic heterocycles. The lowest BCUT2D eigenvalue weighted by Gasteiger charge is -2.03. The Balaban J connectivity index is 1.69. The van der Waals surface area contributed by atoms with E-state index in [-0.39, 0.29) is 5.78 Å². The third-order valence-corrected chi connectivity index (χ3v) is 3.61. The van der Waals surface area contributed by atoms with Gasteiger partial charge < -0.3 is 10.1 Å². The third kappa shape index (κ3) is 3.58. The van der Waals surface area contributed by atoms with Crippen LogP contribution in [0.5, 0.6) is 5.75 Å². The van der Waals surface area contributed by atoms with Gasteiger partial charge in [-0.15, -0.1) is 0 Å². The first kappa shape index (κ1) is 14.9. The highest BCUT2D eigenvalue weighted by Crippen LogP contribution is 2.17. The summed E-state index contributed by atoms with van der Waals surface area (Å²) in [5, 5.41) is 5.27. The van der Waals surface area contributed by atoms with E-state index in [2.05, 4.69) is 5.32 Å². The Kier molecular flexibility index (Phi) is 4.39. The van der Waals surface area contributed by atoms with E-state index in [1.165, 1.54) is 6.08 Å². The lowest BCUT2D eigenvalue weighted by Crippen LogP contribution is -1.96. The summed E-state index contributed by atoms with van der Waals surface area (Å²) in [4.78, 5) is 12.2. The van der Waals surface area contributed by atoms with Gasteiger partial charge in [-0.3, -0.25) is 4.79 Å². The standard InChI is InChI=1S/C20H17NO2/c1-23-19-10-8-18(9-11-19)21-13-12-20(22)17-7-6-15-4-2-3-5-16(15)14-17/h2-14,21H,1H3/b13-12-. The van der Waals surface area contributed by atoms with Gasteiger partial charge in [-0.2, -0.15) is 0 Å². The molecule has 3 nitrogen and oxygen atoms in total. The second-order valence-corrected chi connectivity index (χ2v) is 5.13. The normalized spacial score (nSPS) is 10.8. The highest BCUT2D eigenvalue weighted by Gasteiger charge is 2.02. The summed E-state index contributed by atoms with van der Waals surface area (Å²) in [7, 11) is 1.63. The van der Waals surface area contributed by atoms with Crippen molar-refractivity contribution in [2.75, 3.05) is 12.4 Å². The molecule has 0 amide bonds. The van der Waals surface area contributed by atoms with E-state index in [0.29, 0.717) is 5.56 Å². The molecule has 0 saturated carbocycles. The number of methoxy groups -OCH3 is 1. The van der Waals surface area contributed by atoms with Gasteiger partial charge in [0.15, 0.2) is 5.78 Å². The minimum absolute atomic E-state index is 0.0308. The molecule has 3 aromatic carbocycles. The van der Waals surface area contributed by atoms with Crippen LogP contribution in [0.1, 0.15) is 10.4 Å². The van der Waals surface area contributed by atoms with Crippen LogP contribution in [0.25, 0.3) is 10.8 Å². The molecule has 0 aliphatic rings. The monoisotopic (exact) mass is 303 g/mol. The number of benzene rings is 3. The van der Waals surface area contributed by atoms with Crippen LogP contribution in [-0.4, -0.2) is 12.9 Å². The molecule has 0 heterocycles. The van der Waals surface area contributed by atoms with Gasteiger partial charge in [-0.1, -0.05) is 36.4 Å². The van der Waals surface area contributed by atoms with Crippen LogP contribution in [0.2, 0.25) is 0 Å². The van der Waals surface area contributed by atoms with Gasteiger partial charge in [0.2, 0.25) is 0 Å². The Hall–Kier alpha value is -3.07. The number of rotatable bonds is 5. The predicted octanol–water partition coefficient (Wildman–Crippen LogP) is 4.66. The average molecular weight is 303 g/mol. The lowest BCUT2D eigenvalue weighted by atomic mass is 10.0. The summed E-state index contributed by atoms with van der Waals surface area (Å²) < 4.78 is 5.10. The molecular formula is C20H17NO2. The Morgan fingerprint density at radius 3 is 2.43 bits per heavy atom. The van der Waals surface area contributed by atoms with Crippen LogP contribution in [0.15, 0.2) is 79.0 Å². The largest absolute Gasteiger partial charge is 0.497 e. The van der Waals surface area contributed by atoms with E-state index in [1.54, 1.807) is 13.3 Å². The predicted molar refractivity (Wildman–Crippen MR) is 94.0 cm³/mol. The van der Waals surface area contributed by atoms with Crippen molar-refractivity contribution in [3.8, 4) is 5.75 Å². The molecule has 114 valence electrons. The Labute approximate surface area is 135 Å². The number of hydrogen-bond donors (Lipinski definition) is 1. The maximum Gasteiger partial charge on any atom is 0.187 e.